The molecule has 1 fully saturated rings. The van der Waals surface area contributed by atoms with Gasteiger partial charge in [-0.05, 0) is 36.6 Å². The number of anilines is 1. The fraction of sp³-hybridized carbons (Fsp3) is 0.355. The second kappa shape index (κ2) is 13.9. The van der Waals surface area contributed by atoms with Gasteiger partial charge in [-0.2, -0.15) is 0 Å². The van der Waals surface area contributed by atoms with Gasteiger partial charge in [0, 0.05) is 30.6 Å². The molecule has 0 unspecified atom stereocenters. The molecular formula is C31H34F3N3O4S. The van der Waals surface area contributed by atoms with E-state index in [0.717, 1.165) is 56.1 Å². The van der Waals surface area contributed by atoms with E-state index in [-0.39, 0.29) is 30.3 Å². The molecule has 0 spiro atoms. The van der Waals surface area contributed by atoms with Crippen molar-refractivity contribution in [3.63, 3.8) is 0 Å². The molecule has 1 saturated carbocycles. The zero-order valence-corrected chi connectivity index (χ0v) is 24.1. The van der Waals surface area contributed by atoms with Gasteiger partial charge in [0.25, 0.3) is 0 Å². The van der Waals surface area contributed by atoms with Gasteiger partial charge in [0.15, 0.2) is 11.6 Å². The predicted octanol–water partition coefficient (Wildman–Crippen LogP) is 4.96. The summed E-state index contributed by atoms with van der Waals surface area (Å²) in [5.41, 5.74) is 0.614. The van der Waals surface area contributed by atoms with Crippen LogP contribution >= 0.6 is 0 Å². The van der Waals surface area contributed by atoms with Crippen LogP contribution in [0.1, 0.15) is 43.2 Å². The second-order valence-electron chi connectivity index (χ2n) is 10.5. The van der Waals surface area contributed by atoms with Crippen LogP contribution in [0.5, 0.6) is 0 Å². The number of nitrogens with one attached hydrogen (secondary N) is 1. The Labute approximate surface area is 244 Å². The Kier molecular flexibility index (Phi) is 10.3. The lowest BCUT2D eigenvalue weighted by molar-refractivity contribution is -0.140. The number of carbonyl (C=O) groups excluding carboxylic acids is 2. The molecule has 11 heteroatoms. The van der Waals surface area contributed by atoms with Crippen molar-refractivity contribution >= 4 is 27.5 Å². The average Bonchev–Trinajstić information content (AvgIpc) is 2.96. The first-order valence-electron chi connectivity index (χ1n) is 13.8. The Balaban J connectivity index is 1.74. The minimum Gasteiger partial charge on any atom is -0.352 e. The van der Waals surface area contributed by atoms with E-state index in [0.29, 0.717) is 10.4 Å². The summed E-state index contributed by atoms with van der Waals surface area (Å²) in [6, 6.07) is 16.1. The summed E-state index contributed by atoms with van der Waals surface area (Å²) in [6.45, 7) is -1.14. The molecule has 7 nitrogen and oxygen atoms in total. The van der Waals surface area contributed by atoms with Crippen LogP contribution in [0, 0.1) is 17.5 Å². The summed E-state index contributed by atoms with van der Waals surface area (Å²) < 4.78 is 68.7. The molecule has 224 valence electrons. The highest BCUT2D eigenvalue weighted by Gasteiger charge is 2.34. The number of nitrogens with zero attached hydrogens (tertiary/aromatic N) is 2. The van der Waals surface area contributed by atoms with Gasteiger partial charge >= 0.3 is 0 Å². The van der Waals surface area contributed by atoms with E-state index in [9.17, 15) is 31.2 Å². The molecule has 0 heterocycles. The highest BCUT2D eigenvalue weighted by molar-refractivity contribution is 7.92. The molecule has 0 aliphatic heterocycles. The topological polar surface area (TPSA) is 86.8 Å². The Morgan fingerprint density at radius 3 is 2.19 bits per heavy atom. The summed E-state index contributed by atoms with van der Waals surface area (Å²) in [5.74, 6) is -4.31. The maximum atomic E-state index is 14.9. The van der Waals surface area contributed by atoms with Crippen molar-refractivity contribution in [3.05, 3.63) is 101 Å². The monoisotopic (exact) mass is 601 g/mol. The van der Waals surface area contributed by atoms with Crippen LogP contribution in [0.4, 0.5) is 18.9 Å². The molecule has 4 rings (SSSR count). The van der Waals surface area contributed by atoms with Crippen LogP contribution in [-0.4, -0.2) is 50.0 Å². The number of carbonyl (C=O) groups is 2. The van der Waals surface area contributed by atoms with E-state index >= 15 is 0 Å². The highest BCUT2D eigenvalue weighted by Crippen LogP contribution is 2.24. The maximum absolute atomic E-state index is 14.9. The number of halogens is 3. The van der Waals surface area contributed by atoms with Gasteiger partial charge in [-0.3, -0.25) is 13.9 Å². The molecule has 1 aliphatic rings. The molecule has 0 bridgehead atoms. The van der Waals surface area contributed by atoms with Crippen LogP contribution < -0.4 is 9.62 Å². The largest absolute Gasteiger partial charge is 0.352 e. The maximum Gasteiger partial charge on any atom is 0.244 e. The second-order valence-corrected chi connectivity index (χ2v) is 12.4. The molecule has 0 radical (unpaired) electrons. The van der Waals surface area contributed by atoms with Crippen LogP contribution in [0.15, 0.2) is 72.8 Å². The first-order chi connectivity index (χ1) is 20.0. The summed E-state index contributed by atoms with van der Waals surface area (Å²) in [4.78, 5) is 29.0. The van der Waals surface area contributed by atoms with Gasteiger partial charge in [-0.25, -0.2) is 21.6 Å². The molecule has 0 aromatic heterocycles. The van der Waals surface area contributed by atoms with Gasteiger partial charge in [0.1, 0.15) is 18.4 Å². The lowest BCUT2D eigenvalue weighted by Gasteiger charge is -2.35. The summed E-state index contributed by atoms with van der Waals surface area (Å²) in [6.07, 6.45) is 5.51. The van der Waals surface area contributed by atoms with E-state index in [2.05, 4.69) is 5.32 Å². The third-order valence-electron chi connectivity index (χ3n) is 7.39. The number of hydrogen-bond donors (Lipinski definition) is 1. The van der Waals surface area contributed by atoms with Crippen molar-refractivity contribution in [1.82, 2.24) is 10.2 Å². The summed E-state index contributed by atoms with van der Waals surface area (Å²) in [7, 11) is -4.16. The van der Waals surface area contributed by atoms with E-state index in [1.54, 1.807) is 30.3 Å². The van der Waals surface area contributed by atoms with Gasteiger partial charge in [-0.15, -0.1) is 0 Å². The number of rotatable bonds is 11. The first-order valence-corrected chi connectivity index (χ1v) is 15.7. The zero-order valence-electron chi connectivity index (χ0n) is 23.3. The van der Waals surface area contributed by atoms with Gasteiger partial charge < -0.3 is 10.2 Å². The Morgan fingerprint density at radius 1 is 0.881 bits per heavy atom. The van der Waals surface area contributed by atoms with Crippen LogP contribution in [0.2, 0.25) is 0 Å². The Bertz CT molecular complexity index is 1500. The summed E-state index contributed by atoms with van der Waals surface area (Å²) in [5, 5.41) is 3.05. The quantitative estimate of drug-likeness (QED) is 0.337. The van der Waals surface area contributed by atoms with Crippen molar-refractivity contribution < 1.29 is 31.2 Å². The molecule has 1 aliphatic carbocycles. The van der Waals surface area contributed by atoms with Crippen molar-refractivity contribution in [3.8, 4) is 0 Å². The molecule has 3 aromatic carbocycles. The van der Waals surface area contributed by atoms with Gasteiger partial charge in [0.05, 0.1) is 11.9 Å². The van der Waals surface area contributed by atoms with Crippen LogP contribution in [0.3, 0.4) is 0 Å². The third kappa shape index (κ3) is 8.12. The molecule has 1 atom stereocenters. The molecule has 42 heavy (non-hydrogen) atoms. The average molecular weight is 602 g/mol. The number of sulfonamides is 1. The lowest BCUT2D eigenvalue weighted by atomic mass is 9.94. The minimum absolute atomic E-state index is 0.0790. The van der Waals surface area contributed by atoms with E-state index in [1.807, 2.05) is 6.07 Å². The Morgan fingerprint density at radius 2 is 1.55 bits per heavy atom. The highest BCUT2D eigenvalue weighted by atomic mass is 32.2. The van der Waals surface area contributed by atoms with E-state index in [4.69, 9.17) is 0 Å². The summed E-state index contributed by atoms with van der Waals surface area (Å²) >= 11 is 0. The van der Waals surface area contributed by atoms with Crippen molar-refractivity contribution in [2.45, 2.75) is 57.2 Å². The SMILES string of the molecule is CS(=O)(=O)N(CC(=O)N(Cc1ccccc1F)[C@H](Cc1ccccc1)C(=O)NC1CCCCC1)c1ccc(F)c(F)c1. The fourth-order valence-electron chi connectivity index (χ4n) is 5.16. The third-order valence-corrected chi connectivity index (χ3v) is 8.53. The lowest BCUT2D eigenvalue weighted by Crippen LogP contribution is -2.55. The van der Waals surface area contributed by atoms with Gasteiger partial charge in [-0.1, -0.05) is 67.8 Å². The minimum atomic E-state index is -4.16. The van der Waals surface area contributed by atoms with E-state index in [1.165, 1.54) is 23.1 Å². The smallest absolute Gasteiger partial charge is 0.244 e. The van der Waals surface area contributed by atoms with Crippen LogP contribution in [-0.2, 0) is 32.6 Å². The molecule has 0 saturated heterocycles. The predicted molar refractivity (Wildman–Crippen MR) is 154 cm³/mol. The first kappa shape index (κ1) is 31.1. The fourth-order valence-corrected chi connectivity index (χ4v) is 6.00. The Hall–Kier alpha value is -3.86. The van der Waals surface area contributed by atoms with E-state index < -0.39 is 51.9 Å². The number of benzene rings is 3. The standard InChI is InChI=1S/C31H34F3N3O4S/c1-42(40,41)37(25-16-17-27(33)28(34)19-25)21-30(38)36(20-23-12-8-9-15-26(23)32)29(18-22-10-4-2-5-11-22)31(39)35-24-13-6-3-7-14-24/h2,4-5,8-12,15-17,19,24,29H,3,6-7,13-14,18,20-21H2,1H3,(H,35,39)/t29-/m1/s1. The molecule has 1 N–H and O–H groups in total. The van der Waals surface area contributed by atoms with Crippen molar-refractivity contribution in [2.24, 2.45) is 0 Å². The van der Waals surface area contributed by atoms with Crippen LogP contribution in [0.25, 0.3) is 0 Å². The number of amides is 2. The molecular weight excluding hydrogens is 567 g/mol. The van der Waals surface area contributed by atoms with Gasteiger partial charge in [0.2, 0.25) is 21.8 Å². The normalized spacial score (nSPS) is 14.7. The molecule has 2 amide bonds. The van der Waals surface area contributed by atoms with Crippen molar-refractivity contribution in [1.29, 1.82) is 0 Å². The zero-order chi connectivity index (χ0) is 30.3. The number of hydrogen-bond acceptors (Lipinski definition) is 4. The van der Waals surface area contributed by atoms with Crippen molar-refractivity contribution in [2.75, 3.05) is 17.1 Å². The molecule has 3 aromatic rings.